The van der Waals surface area contributed by atoms with Gasteiger partial charge in [0, 0.05) is 0 Å². The zero-order valence-electron chi connectivity index (χ0n) is 7.20. The lowest BCUT2D eigenvalue weighted by molar-refractivity contribution is -0.136. The van der Waals surface area contributed by atoms with E-state index in [1.807, 2.05) is 13.8 Å². The first-order chi connectivity index (χ1) is 5.59. The molecule has 0 atom stereocenters. The first kappa shape index (κ1) is 8.84. The Hall–Kier alpha value is -1.25. The summed E-state index contributed by atoms with van der Waals surface area (Å²) >= 11 is 0. The fourth-order valence-electron chi connectivity index (χ4n) is 0.942. The van der Waals surface area contributed by atoms with Crippen molar-refractivity contribution in [1.29, 1.82) is 0 Å². The van der Waals surface area contributed by atoms with Crippen molar-refractivity contribution >= 4 is 5.97 Å². The van der Waals surface area contributed by atoms with Crippen LogP contribution in [0, 0.1) is 0 Å². The molecule has 0 aliphatic heterocycles. The second kappa shape index (κ2) is 3.43. The first-order valence-corrected chi connectivity index (χ1v) is 3.88. The normalized spacial score (nSPS) is 10.6. The summed E-state index contributed by atoms with van der Waals surface area (Å²) < 4.78 is 5.06. The third-order valence-electron chi connectivity index (χ3n) is 1.67. The summed E-state index contributed by atoms with van der Waals surface area (Å²) in [6.07, 6.45) is 1.58. The summed E-state index contributed by atoms with van der Waals surface area (Å²) in [7, 11) is 0. The molecule has 0 bridgehead atoms. The molecule has 1 heterocycles. The largest absolute Gasteiger partial charge is 0.481 e. The Bertz CT molecular complexity index is 273. The van der Waals surface area contributed by atoms with Crippen LogP contribution in [0.2, 0.25) is 0 Å². The molecule has 3 nitrogen and oxygen atoms in total. The van der Waals surface area contributed by atoms with Gasteiger partial charge < -0.3 is 9.52 Å². The Morgan fingerprint density at radius 3 is 2.75 bits per heavy atom. The number of rotatable bonds is 3. The van der Waals surface area contributed by atoms with Gasteiger partial charge in [0.1, 0.15) is 12.2 Å². The van der Waals surface area contributed by atoms with Gasteiger partial charge in [0.05, 0.1) is 6.26 Å². The molecule has 66 valence electrons. The summed E-state index contributed by atoms with van der Waals surface area (Å²) in [6, 6.07) is 1.79. The highest BCUT2D eigenvalue weighted by atomic mass is 16.4. The number of carboxylic acids is 1. The number of hydrogen-bond acceptors (Lipinski definition) is 2. The molecule has 1 aromatic heterocycles. The number of hydrogen-bond donors (Lipinski definition) is 1. The minimum Gasteiger partial charge on any atom is -0.481 e. The van der Waals surface area contributed by atoms with Gasteiger partial charge in [-0.25, -0.2) is 0 Å². The van der Waals surface area contributed by atoms with E-state index in [1.165, 1.54) is 0 Å². The van der Waals surface area contributed by atoms with Crippen LogP contribution < -0.4 is 0 Å². The molecule has 0 amide bonds. The maximum absolute atomic E-state index is 10.3. The highest BCUT2D eigenvalue weighted by molar-refractivity contribution is 5.69. The lowest BCUT2D eigenvalue weighted by Gasteiger charge is -1.95. The molecule has 0 aliphatic rings. The Labute approximate surface area is 71.0 Å². The van der Waals surface area contributed by atoms with Crippen molar-refractivity contribution in [2.24, 2.45) is 0 Å². The summed E-state index contributed by atoms with van der Waals surface area (Å²) in [5.41, 5.74) is 1.05. The van der Waals surface area contributed by atoms with Crippen LogP contribution >= 0.6 is 0 Å². The SMILES string of the molecule is CC(C)c1coc(CC(=O)O)c1. The van der Waals surface area contributed by atoms with Crippen molar-refractivity contribution in [3.05, 3.63) is 23.7 Å². The second-order valence-corrected chi connectivity index (χ2v) is 3.07. The molecule has 1 rings (SSSR count). The lowest BCUT2D eigenvalue weighted by Crippen LogP contribution is -1.98. The number of furan rings is 1. The van der Waals surface area contributed by atoms with E-state index < -0.39 is 5.97 Å². The predicted octanol–water partition coefficient (Wildman–Crippen LogP) is 2.03. The zero-order chi connectivity index (χ0) is 9.14. The van der Waals surface area contributed by atoms with E-state index in [9.17, 15) is 4.79 Å². The second-order valence-electron chi connectivity index (χ2n) is 3.07. The average Bonchev–Trinajstić information content (AvgIpc) is 2.34. The molecule has 0 unspecified atom stereocenters. The molecule has 3 heteroatoms. The van der Waals surface area contributed by atoms with Crippen LogP contribution in [-0.2, 0) is 11.2 Å². The quantitative estimate of drug-likeness (QED) is 0.751. The van der Waals surface area contributed by atoms with Crippen LogP contribution in [0.1, 0.15) is 31.1 Å². The van der Waals surface area contributed by atoms with Crippen LogP contribution in [0.4, 0.5) is 0 Å². The van der Waals surface area contributed by atoms with Crippen molar-refractivity contribution in [3.63, 3.8) is 0 Å². The summed E-state index contributed by atoms with van der Waals surface area (Å²) in [5.74, 6) is 0.0437. The highest BCUT2D eigenvalue weighted by Gasteiger charge is 2.07. The van der Waals surface area contributed by atoms with Crippen LogP contribution in [0.3, 0.4) is 0 Å². The molecule has 1 aromatic rings. The molecular formula is C9H12O3. The minimum atomic E-state index is -0.861. The average molecular weight is 168 g/mol. The fraction of sp³-hybridized carbons (Fsp3) is 0.444. The van der Waals surface area contributed by atoms with Gasteiger partial charge in [-0.1, -0.05) is 13.8 Å². The summed E-state index contributed by atoms with van der Waals surface area (Å²) in [4.78, 5) is 10.3. The first-order valence-electron chi connectivity index (χ1n) is 3.88. The van der Waals surface area contributed by atoms with E-state index in [1.54, 1.807) is 12.3 Å². The number of carbonyl (C=O) groups is 1. The van der Waals surface area contributed by atoms with E-state index in [2.05, 4.69) is 0 Å². The molecule has 0 spiro atoms. The molecule has 0 radical (unpaired) electrons. The molecule has 0 aliphatic carbocycles. The monoisotopic (exact) mass is 168 g/mol. The van der Waals surface area contributed by atoms with E-state index in [4.69, 9.17) is 9.52 Å². The van der Waals surface area contributed by atoms with Crippen molar-refractivity contribution < 1.29 is 14.3 Å². The van der Waals surface area contributed by atoms with Crippen molar-refractivity contribution in [2.45, 2.75) is 26.2 Å². The van der Waals surface area contributed by atoms with Crippen molar-refractivity contribution in [2.75, 3.05) is 0 Å². The third kappa shape index (κ3) is 2.12. The molecule has 12 heavy (non-hydrogen) atoms. The summed E-state index contributed by atoms with van der Waals surface area (Å²) in [5, 5.41) is 8.45. The topological polar surface area (TPSA) is 50.4 Å². The fourth-order valence-corrected chi connectivity index (χ4v) is 0.942. The third-order valence-corrected chi connectivity index (χ3v) is 1.67. The Morgan fingerprint density at radius 2 is 2.33 bits per heavy atom. The standard InChI is InChI=1S/C9H12O3/c1-6(2)7-3-8(12-5-7)4-9(10)11/h3,5-6H,4H2,1-2H3,(H,10,11). The highest BCUT2D eigenvalue weighted by Crippen LogP contribution is 2.17. The van der Waals surface area contributed by atoms with E-state index in [0.717, 1.165) is 5.56 Å². The predicted molar refractivity (Wildman–Crippen MR) is 44.1 cm³/mol. The van der Waals surface area contributed by atoms with Crippen LogP contribution in [-0.4, -0.2) is 11.1 Å². The molecule has 1 N–H and O–H groups in total. The molecular weight excluding hydrogens is 156 g/mol. The van der Waals surface area contributed by atoms with Crippen molar-refractivity contribution in [3.8, 4) is 0 Å². The molecule has 0 saturated heterocycles. The summed E-state index contributed by atoms with van der Waals surface area (Å²) in [6.45, 7) is 4.07. The number of aliphatic carboxylic acids is 1. The number of carboxylic acid groups (broad SMARTS) is 1. The van der Waals surface area contributed by atoms with Gasteiger partial charge >= 0.3 is 5.97 Å². The van der Waals surface area contributed by atoms with Gasteiger partial charge in [-0.05, 0) is 17.5 Å². The molecule has 0 saturated carbocycles. The van der Waals surface area contributed by atoms with Crippen LogP contribution in [0.5, 0.6) is 0 Å². The van der Waals surface area contributed by atoms with Crippen LogP contribution in [0.25, 0.3) is 0 Å². The van der Waals surface area contributed by atoms with Gasteiger partial charge in [0.15, 0.2) is 0 Å². The maximum Gasteiger partial charge on any atom is 0.311 e. The van der Waals surface area contributed by atoms with Gasteiger partial charge in [-0.2, -0.15) is 0 Å². The Morgan fingerprint density at radius 1 is 1.67 bits per heavy atom. The maximum atomic E-state index is 10.3. The minimum absolute atomic E-state index is 0.0350. The Balaban J connectivity index is 2.70. The lowest BCUT2D eigenvalue weighted by atomic mass is 10.1. The van der Waals surface area contributed by atoms with E-state index in [-0.39, 0.29) is 6.42 Å². The van der Waals surface area contributed by atoms with Crippen LogP contribution in [0.15, 0.2) is 16.7 Å². The molecule has 0 fully saturated rings. The van der Waals surface area contributed by atoms with Gasteiger partial charge in [-0.3, -0.25) is 4.79 Å². The van der Waals surface area contributed by atoms with E-state index >= 15 is 0 Å². The van der Waals surface area contributed by atoms with Gasteiger partial charge in [0.25, 0.3) is 0 Å². The van der Waals surface area contributed by atoms with Crippen molar-refractivity contribution in [1.82, 2.24) is 0 Å². The molecule has 0 aromatic carbocycles. The smallest absolute Gasteiger partial charge is 0.311 e. The van der Waals surface area contributed by atoms with Gasteiger partial charge in [-0.15, -0.1) is 0 Å². The zero-order valence-corrected chi connectivity index (χ0v) is 7.20. The Kier molecular flexibility index (Phi) is 2.53. The van der Waals surface area contributed by atoms with Gasteiger partial charge in [0.2, 0.25) is 0 Å². The van der Waals surface area contributed by atoms with E-state index in [0.29, 0.717) is 11.7 Å².